The van der Waals surface area contributed by atoms with Gasteiger partial charge in [0.25, 0.3) is 0 Å². The number of nitrogens with zero attached hydrogens (tertiary/aromatic N) is 2. The van der Waals surface area contributed by atoms with Gasteiger partial charge < -0.3 is 9.88 Å². The number of imidazole rings is 1. The predicted molar refractivity (Wildman–Crippen MR) is 68.5 cm³/mol. The summed E-state index contributed by atoms with van der Waals surface area (Å²) in [5.74, 6) is 0. The van der Waals surface area contributed by atoms with Gasteiger partial charge in [-0.15, -0.1) is 0 Å². The minimum atomic E-state index is 0.981. The highest BCUT2D eigenvalue weighted by Crippen LogP contribution is 2.36. The maximum atomic E-state index is 4.46. The first-order chi connectivity index (χ1) is 8.34. The number of fused-ring (bicyclic) bond motifs is 5. The molecule has 84 valence electrons. The van der Waals surface area contributed by atoms with E-state index in [0.29, 0.717) is 0 Å². The summed E-state index contributed by atoms with van der Waals surface area (Å²) >= 11 is 0. The van der Waals surface area contributed by atoms with Gasteiger partial charge in [-0.2, -0.15) is 0 Å². The Balaban J connectivity index is 2.27. The zero-order valence-electron chi connectivity index (χ0n) is 9.57. The molecule has 0 radical (unpaired) electrons. The largest absolute Gasteiger partial charge is 0.345 e. The molecular formula is C13H13N4+. The molecule has 17 heavy (non-hydrogen) atoms. The van der Waals surface area contributed by atoms with Gasteiger partial charge in [-0.3, -0.25) is 5.32 Å². The third-order valence-corrected chi connectivity index (χ3v) is 3.54. The summed E-state index contributed by atoms with van der Waals surface area (Å²) in [6, 6.07) is 8.62. The van der Waals surface area contributed by atoms with E-state index in [1.54, 1.807) is 6.33 Å². The van der Waals surface area contributed by atoms with Gasteiger partial charge in [0.1, 0.15) is 5.69 Å². The molecule has 0 saturated heterocycles. The van der Waals surface area contributed by atoms with Crippen LogP contribution >= 0.6 is 0 Å². The molecule has 2 aromatic carbocycles. The van der Waals surface area contributed by atoms with Gasteiger partial charge in [-0.25, -0.2) is 4.98 Å². The molecule has 2 heterocycles. The molecule has 0 saturated carbocycles. The molecule has 4 nitrogen and oxygen atoms in total. The van der Waals surface area contributed by atoms with Gasteiger partial charge >= 0.3 is 0 Å². The van der Waals surface area contributed by atoms with Gasteiger partial charge in [-0.05, 0) is 17.5 Å². The molecule has 4 rings (SSSR count). The Morgan fingerprint density at radius 1 is 1.29 bits per heavy atom. The summed E-state index contributed by atoms with van der Waals surface area (Å²) in [5.41, 5.74) is 4.79. The van der Waals surface area contributed by atoms with Crippen molar-refractivity contribution >= 4 is 33.2 Å². The predicted octanol–water partition coefficient (Wildman–Crippen LogP) is 1.32. The highest BCUT2D eigenvalue weighted by Gasteiger charge is 2.23. The lowest BCUT2D eigenvalue weighted by Gasteiger charge is -2.10. The molecular weight excluding hydrogens is 212 g/mol. The summed E-state index contributed by atoms with van der Waals surface area (Å²) in [6.07, 6.45) is 1.77. The molecule has 0 spiro atoms. The van der Waals surface area contributed by atoms with Gasteiger partial charge in [0.2, 0.25) is 0 Å². The first-order valence-electron chi connectivity index (χ1n) is 5.78. The van der Waals surface area contributed by atoms with Crippen molar-refractivity contribution in [3.8, 4) is 0 Å². The van der Waals surface area contributed by atoms with Crippen molar-refractivity contribution in [2.75, 3.05) is 18.6 Å². The molecule has 0 atom stereocenters. The van der Waals surface area contributed by atoms with Crippen LogP contribution in [0.3, 0.4) is 0 Å². The van der Waals surface area contributed by atoms with Crippen LogP contribution in [0.4, 0.5) is 11.4 Å². The molecule has 3 aromatic rings. The van der Waals surface area contributed by atoms with Crippen LogP contribution in [0.5, 0.6) is 0 Å². The van der Waals surface area contributed by atoms with E-state index < -0.39 is 0 Å². The molecule has 0 fully saturated rings. The fourth-order valence-corrected chi connectivity index (χ4v) is 2.72. The van der Waals surface area contributed by atoms with E-state index in [4.69, 9.17) is 0 Å². The second-order valence-electron chi connectivity index (χ2n) is 4.55. The van der Waals surface area contributed by atoms with Crippen LogP contribution in [-0.4, -0.2) is 23.7 Å². The highest BCUT2D eigenvalue weighted by molar-refractivity contribution is 6.13. The summed E-state index contributed by atoms with van der Waals surface area (Å²) < 4.78 is 0. The monoisotopic (exact) mass is 225 g/mol. The number of anilines is 1. The van der Waals surface area contributed by atoms with Crippen LogP contribution in [0.25, 0.3) is 21.8 Å². The number of hydrogen-bond acceptors (Lipinski definition) is 2. The Labute approximate surface area is 98.3 Å². The maximum absolute atomic E-state index is 4.46. The number of rotatable bonds is 0. The maximum Gasteiger partial charge on any atom is 0.156 e. The van der Waals surface area contributed by atoms with Gasteiger partial charge in [0.05, 0.1) is 17.4 Å². The quantitative estimate of drug-likeness (QED) is 0.567. The average Bonchev–Trinajstić information content (AvgIpc) is 2.95. The van der Waals surface area contributed by atoms with Crippen LogP contribution in [0.2, 0.25) is 0 Å². The van der Waals surface area contributed by atoms with E-state index >= 15 is 0 Å². The number of nitrogens with two attached hydrogens (primary N) is 1. The van der Waals surface area contributed by atoms with Crippen LogP contribution in [-0.2, 0) is 0 Å². The lowest BCUT2D eigenvalue weighted by Crippen LogP contribution is -2.77. The molecule has 0 amide bonds. The molecule has 1 aliphatic heterocycles. The Morgan fingerprint density at radius 2 is 2.18 bits per heavy atom. The van der Waals surface area contributed by atoms with E-state index in [1.165, 1.54) is 22.1 Å². The van der Waals surface area contributed by atoms with Crippen molar-refractivity contribution in [2.45, 2.75) is 0 Å². The van der Waals surface area contributed by atoms with Crippen molar-refractivity contribution in [1.29, 1.82) is 0 Å². The van der Waals surface area contributed by atoms with Crippen LogP contribution in [0.1, 0.15) is 0 Å². The van der Waals surface area contributed by atoms with E-state index in [0.717, 1.165) is 17.7 Å². The van der Waals surface area contributed by atoms with Crippen molar-refractivity contribution in [1.82, 2.24) is 9.97 Å². The second kappa shape index (κ2) is 2.99. The number of hydrogen-bond donors (Lipinski definition) is 2. The third-order valence-electron chi connectivity index (χ3n) is 3.54. The minimum Gasteiger partial charge on any atom is -0.345 e. The number of aromatic nitrogens is 2. The summed E-state index contributed by atoms with van der Waals surface area (Å²) in [6.45, 7) is 0.981. The van der Waals surface area contributed by atoms with Crippen molar-refractivity contribution in [2.24, 2.45) is 0 Å². The number of aromatic amines is 1. The fraction of sp³-hybridized carbons (Fsp3) is 0.154. The smallest absolute Gasteiger partial charge is 0.156 e. The number of nitrogens with one attached hydrogen (secondary N) is 1. The molecule has 1 aliphatic rings. The Hall–Kier alpha value is -2.07. The van der Waals surface area contributed by atoms with Crippen LogP contribution in [0, 0.1) is 0 Å². The topological polar surface area (TPSA) is 48.5 Å². The average molecular weight is 225 g/mol. The zero-order chi connectivity index (χ0) is 11.4. The summed E-state index contributed by atoms with van der Waals surface area (Å²) in [7, 11) is 2.13. The highest BCUT2D eigenvalue weighted by atomic mass is 15.3. The zero-order valence-corrected chi connectivity index (χ0v) is 9.57. The lowest BCUT2D eigenvalue weighted by atomic mass is 10.1. The first-order valence-corrected chi connectivity index (χ1v) is 5.78. The molecule has 0 aliphatic carbocycles. The molecule has 1 aromatic heterocycles. The number of H-pyrrole nitrogens is 1. The standard InChI is InChI=1S/C13H12N4/c1-17-7-16-10-5-3-8-2-4-9-12(15-6-14-9)11(8)13(10)17/h2-6,16H,7H2,1H3,(H,14,15)/p+1. The lowest BCUT2D eigenvalue weighted by molar-refractivity contribution is -0.560. The second-order valence-corrected chi connectivity index (χ2v) is 4.55. The minimum absolute atomic E-state index is 0.981. The normalized spacial score (nSPS) is 14.8. The number of benzene rings is 2. The SMILES string of the molecule is CN1C[NH2+]c2ccc3ccc4[nH]cnc4c3c21. The first kappa shape index (κ1) is 9.01. The Kier molecular flexibility index (Phi) is 1.58. The molecule has 0 bridgehead atoms. The van der Waals surface area contributed by atoms with Crippen LogP contribution < -0.4 is 10.2 Å². The van der Waals surface area contributed by atoms with E-state index in [2.05, 4.69) is 51.5 Å². The molecule has 4 heteroatoms. The van der Waals surface area contributed by atoms with Crippen LogP contribution in [0.15, 0.2) is 30.6 Å². The Bertz CT molecular complexity index is 729. The van der Waals surface area contributed by atoms with Crippen molar-refractivity contribution in [3.63, 3.8) is 0 Å². The van der Waals surface area contributed by atoms with E-state index in [-0.39, 0.29) is 0 Å². The summed E-state index contributed by atoms with van der Waals surface area (Å²) in [5, 5.41) is 4.78. The number of quaternary nitrogens is 1. The van der Waals surface area contributed by atoms with E-state index in [9.17, 15) is 0 Å². The Morgan fingerprint density at radius 3 is 3.12 bits per heavy atom. The van der Waals surface area contributed by atoms with E-state index in [1.807, 2.05) is 0 Å². The fourth-order valence-electron chi connectivity index (χ4n) is 2.72. The van der Waals surface area contributed by atoms with Gasteiger partial charge in [-0.1, -0.05) is 6.07 Å². The van der Waals surface area contributed by atoms with Gasteiger partial charge in [0.15, 0.2) is 12.4 Å². The molecule has 3 N–H and O–H groups in total. The van der Waals surface area contributed by atoms with Crippen molar-refractivity contribution < 1.29 is 5.32 Å². The van der Waals surface area contributed by atoms with Gasteiger partial charge in [0, 0.05) is 18.5 Å². The van der Waals surface area contributed by atoms with Crippen molar-refractivity contribution in [3.05, 3.63) is 30.6 Å². The third kappa shape index (κ3) is 1.08. The summed E-state index contributed by atoms with van der Waals surface area (Å²) in [4.78, 5) is 9.92. The molecule has 0 unspecified atom stereocenters.